The van der Waals surface area contributed by atoms with Crippen molar-refractivity contribution in [3.05, 3.63) is 30.0 Å². The van der Waals surface area contributed by atoms with Crippen LogP contribution in [0.15, 0.2) is 28.7 Å². The van der Waals surface area contributed by atoms with Gasteiger partial charge in [-0.25, -0.2) is 0 Å². The molecule has 0 radical (unpaired) electrons. The summed E-state index contributed by atoms with van der Waals surface area (Å²) in [4.78, 5) is 0. The predicted molar refractivity (Wildman–Crippen MR) is 60.8 cm³/mol. The van der Waals surface area contributed by atoms with Crippen molar-refractivity contribution in [2.45, 2.75) is 19.4 Å². The third-order valence-electron chi connectivity index (χ3n) is 2.81. The monoisotopic (exact) mass is 218 g/mol. The molecule has 3 nitrogen and oxygen atoms in total. The molecule has 3 rings (SSSR count). The van der Waals surface area contributed by atoms with Gasteiger partial charge >= 0.3 is 0 Å². The lowest BCUT2D eigenvalue weighted by Crippen LogP contribution is -2.15. The van der Waals surface area contributed by atoms with Gasteiger partial charge in [0.05, 0.1) is 13.2 Å². The van der Waals surface area contributed by atoms with Crippen LogP contribution in [0.1, 0.15) is 12.2 Å². The molecule has 3 heteroatoms. The van der Waals surface area contributed by atoms with E-state index in [0.29, 0.717) is 6.61 Å². The van der Waals surface area contributed by atoms with E-state index in [1.807, 2.05) is 31.2 Å². The van der Waals surface area contributed by atoms with E-state index in [-0.39, 0.29) is 6.10 Å². The molecule has 1 atom stereocenters. The second kappa shape index (κ2) is 3.83. The summed E-state index contributed by atoms with van der Waals surface area (Å²) in [6.45, 7) is 3.44. The van der Waals surface area contributed by atoms with Gasteiger partial charge in [-0.05, 0) is 25.1 Å². The van der Waals surface area contributed by atoms with E-state index in [1.165, 1.54) is 0 Å². The Bertz CT molecular complexity index is 495. The van der Waals surface area contributed by atoms with Gasteiger partial charge in [0, 0.05) is 17.9 Å². The first kappa shape index (κ1) is 9.73. The highest BCUT2D eigenvalue weighted by atomic mass is 16.5. The summed E-state index contributed by atoms with van der Waals surface area (Å²) < 4.78 is 16.6. The second-order valence-electron chi connectivity index (χ2n) is 4.16. The van der Waals surface area contributed by atoms with Gasteiger partial charge in [-0.1, -0.05) is 0 Å². The molecular formula is C13H14O3. The average Bonchev–Trinajstić information content (AvgIpc) is 2.85. The molecule has 0 bridgehead atoms. The van der Waals surface area contributed by atoms with E-state index < -0.39 is 0 Å². The van der Waals surface area contributed by atoms with Crippen LogP contribution < -0.4 is 4.74 Å². The van der Waals surface area contributed by atoms with Gasteiger partial charge in [0.25, 0.3) is 0 Å². The smallest absolute Gasteiger partial charge is 0.137 e. The summed E-state index contributed by atoms with van der Waals surface area (Å²) in [7, 11) is 0. The van der Waals surface area contributed by atoms with Gasteiger partial charge in [0.1, 0.15) is 23.2 Å². The quantitative estimate of drug-likeness (QED) is 0.776. The third kappa shape index (κ3) is 1.78. The summed E-state index contributed by atoms with van der Waals surface area (Å²) >= 11 is 0. The summed E-state index contributed by atoms with van der Waals surface area (Å²) in [6, 6.07) is 7.98. The molecule has 2 aromatic rings. The Balaban J connectivity index is 1.86. The molecule has 0 N–H and O–H groups in total. The van der Waals surface area contributed by atoms with Gasteiger partial charge in [0.2, 0.25) is 0 Å². The van der Waals surface area contributed by atoms with E-state index >= 15 is 0 Å². The third-order valence-corrected chi connectivity index (χ3v) is 2.81. The fourth-order valence-electron chi connectivity index (χ4n) is 2.02. The standard InChI is InChI=1S/C13H14O3/c1-9-6-10-2-3-11(7-13(10)15-9)16-12-4-5-14-8-12/h2-3,6-7,12H,4-5,8H2,1H3/t12-/m0/s1. The fraction of sp³-hybridized carbons (Fsp3) is 0.385. The minimum absolute atomic E-state index is 0.188. The summed E-state index contributed by atoms with van der Waals surface area (Å²) in [6.07, 6.45) is 1.16. The highest BCUT2D eigenvalue weighted by molar-refractivity contribution is 5.79. The molecule has 84 valence electrons. The van der Waals surface area contributed by atoms with Crippen molar-refractivity contribution in [3.8, 4) is 5.75 Å². The molecule has 0 spiro atoms. The first-order chi connectivity index (χ1) is 7.81. The van der Waals surface area contributed by atoms with E-state index in [1.54, 1.807) is 0 Å². The van der Waals surface area contributed by atoms with Crippen LogP contribution in [0.5, 0.6) is 5.75 Å². The first-order valence-corrected chi connectivity index (χ1v) is 5.56. The molecule has 2 heterocycles. The van der Waals surface area contributed by atoms with Gasteiger partial charge < -0.3 is 13.9 Å². The maximum atomic E-state index is 5.81. The lowest BCUT2D eigenvalue weighted by Gasteiger charge is -2.11. The van der Waals surface area contributed by atoms with E-state index in [9.17, 15) is 0 Å². The minimum atomic E-state index is 0.188. The zero-order chi connectivity index (χ0) is 11.0. The normalized spacial score (nSPS) is 20.4. The van der Waals surface area contributed by atoms with Crippen LogP contribution in [0.3, 0.4) is 0 Å². The number of hydrogen-bond acceptors (Lipinski definition) is 3. The van der Waals surface area contributed by atoms with Crippen LogP contribution in [0.25, 0.3) is 11.0 Å². The van der Waals surface area contributed by atoms with Crippen molar-refractivity contribution in [2.75, 3.05) is 13.2 Å². The van der Waals surface area contributed by atoms with Crippen molar-refractivity contribution >= 4 is 11.0 Å². The Morgan fingerprint density at radius 1 is 1.31 bits per heavy atom. The second-order valence-corrected chi connectivity index (χ2v) is 4.16. The van der Waals surface area contributed by atoms with Crippen LogP contribution >= 0.6 is 0 Å². The van der Waals surface area contributed by atoms with Gasteiger partial charge in [-0.2, -0.15) is 0 Å². The molecule has 1 aromatic heterocycles. The number of ether oxygens (including phenoxy) is 2. The summed E-state index contributed by atoms with van der Waals surface area (Å²) in [5, 5.41) is 1.12. The number of hydrogen-bond donors (Lipinski definition) is 0. The maximum absolute atomic E-state index is 5.81. The Labute approximate surface area is 94.0 Å². The van der Waals surface area contributed by atoms with Crippen LogP contribution in [0, 0.1) is 6.92 Å². The van der Waals surface area contributed by atoms with Crippen LogP contribution in [-0.2, 0) is 4.74 Å². The maximum Gasteiger partial charge on any atom is 0.137 e. The summed E-state index contributed by atoms with van der Waals surface area (Å²) in [5.74, 6) is 1.79. The summed E-state index contributed by atoms with van der Waals surface area (Å²) in [5.41, 5.74) is 0.883. The predicted octanol–water partition coefficient (Wildman–Crippen LogP) is 2.91. The Morgan fingerprint density at radius 3 is 3.06 bits per heavy atom. The number of benzene rings is 1. The molecule has 16 heavy (non-hydrogen) atoms. The SMILES string of the molecule is Cc1cc2ccc(O[C@H]3CCOC3)cc2o1. The van der Waals surface area contributed by atoms with Crippen LogP contribution in [0.2, 0.25) is 0 Å². The van der Waals surface area contributed by atoms with Crippen molar-refractivity contribution < 1.29 is 13.9 Å². The zero-order valence-electron chi connectivity index (χ0n) is 9.23. The van der Waals surface area contributed by atoms with Crippen molar-refractivity contribution in [3.63, 3.8) is 0 Å². The molecule has 1 aliphatic heterocycles. The largest absolute Gasteiger partial charge is 0.488 e. The molecule has 0 aliphatic carbocycles. The number of rotatable bonds is 2. The van der Waals surface area contributed by atoms with Gasteiger partial charge in [0.15, 0.2) is 0 Å². The topological polar surface area (TPSA) is 31.6 Å². The molecule has 1 aromatic carbocycles. The van der Waals surface area contributed by atoms with Crippen LogP contribution in [-0.4, -0.2) is 19.3 Å². The average molecular weight is 218 g/mol. The van der Waals surface area contributed by atoms with Crippen molar-refractivity contribution in [1.29, 1.82) is 0 Å². The fourth-order valence-corrected chi connectivity index (χ4v) is 2.02. The van der Waals surface area contributed by atoms with E-state index in [0.717, 1.165) is 35.5 Å². The van der Waals surface area contributed by atoms with E-state index in [2.05, 4.69) is 0 Å². The number of fused-ring (bicyclic) bond motifs is 1. The van der Waals surface area contributed by atoms with Gasteiger partial charge in [-0.15, -0.1) is 0 Å². The highest BCUT2D eigenvalue weighted by Crippen LogP contribution is 2.25. The molecular weight excluding hydrogens is 204 g/mol. The van der Waals surface area contributed by atoms with Crippen molar-refractivity contribution in [1.82, 2.24) is 0 Å². The number of aryl methyl sites for hydroxylation is 1. The first-order valence-electron chi connectivity index (χ1n) is 5.56. The Morgan fingerprint density at radius 2 is 2.25 bits per heavy atom. The van der Waals surface area contributed by atoms with Gasteiger partial charge in [-0.3, -0.25) is 0 Å². The van der Waals surface area contributed by atoms with Crippen LogP contribution in [0.4, 0.5) is 0 Å². The zero-order valence-corrected chi connectivity index (χ0v) is 9.23. The molecule has 1 aliphatic rings. The van der Waals surface area contributed by atoms with Crippen molar-refractivity contribution in [2.24, 2.45) is 0 Å². The Kier molecular flexibility index (Phi) is 2.33. The highest BCUT2D eigenvalue weighted by Gasteiger charge is 2.17. The van der Waals surface area contributed by atoms with E-state index in [4.69, 9.17) is 13.9 Å². The lowest BCUT2D eigenvalue weighted by atomic mass is 10.2. The lowest BCUT2D eigenvalue weighted by molar-refractivity contribution is 0.141. The minimum Gasteiger partial charge on any atom is -0.488 e. The molecule has 1 fully saturated rings. The molecule has 0 unspecified atom stereocenters. The molecule has 0 amide bonds. The number of furan rings is 1. The molecule has 1 saturated heterocycles. The Hall–Kier alpha value is -1.48. The molecule has 0 saturated carbocycles.